The molecule has 202 valence electrons. The normalized spacial score (nSPS) is 17.2. The van der Waals surface area contributed by atoms with Gasteiger partial charge >= 0.3 is 12.2 Å². The number of carbonyl (C=O) groups excluding carboxylic acids is 1. The van der Waals surface area contributed by atoms with Gasteiger partial charge < -0.3 is 29.8 Å². The van der Waals surface area contributed by atoms with Crippen molar-refractivity contribution in [3.63, 3.8) is 0 Å². The number of nitrogens with one attached hydrogen (secondary N) is 3. The van der Waals surface area contributed by atoms with Gasteiger partial charge in [0, 0.05) is 23.9 Å². The first kappa shape index (κ1) is 27.0. The molecule has 1 aliphatic rings. The molecule has 2 amide bonds. The molecule has 0 aliphatic carbocycles. The molecular formula is C26H25F4N3O5. The van der Waals surface area contributed by atoms with Gasteiger partial charge in [0.25, 0.3) is 5.56 Å². The van der Waals surface area contributed by atoms with Crippen LogP contribution in [0.2, 0.25) is 0 Å². The van der Waals surface area contributed by atoms with Gasteiger partial charge in [-0.15, -0.1) is 0 Å². The van der Waals surface area contributed by atoms with Crippen molar-refractivity contribution < 1.29 is 36.6 Å². The van der Waals surface area contributed by atoms with Crippen molar-refractivity contribution in [2.24, 2.45) is 0 Å². The summed E-state index contributed by atoms with van der Waals surface area (Å²) in [5.41, 5.74) is -1.88. The number of pyridine rings is 1. The Balaban J connectivity index is 1.48. The van der Waals surface area contributed by atoms with Crippen LogP contribution in [0.15, 0.2) is 53.5 Å². The molecule has 1 saturated heterocycles. The van der Waals surface area contributed by atoms with E-state index < -0.39 is 34.7 Å². The highest BCUT2D eigenvalue weighted by Crippen LogP contribution is 2.40. The molecule has 2 heterocycles. The second-order valence-electron chi connectivity index (χ2n) is 8.85. The van der Waals surface area contributed by atoms with Crippen LogP contribution < -0.4 is 25.7 Å². The molecule has 0 radical (unpaired) electrons. The Kier molecular flexibility index (Phi) is 7.63. The molecular weight excluding hydrogens is 510 g/mol. The predicted octanol–water partition coefficient (Wildman–Crippen LogP) is 5.80. The van der Waals surface area contributed by atoms with Crippen molar-refractivity contribution in [3.8, 4) is 22.6 Å². The lowest BCUT2D eigenvalue weighted by Gasteiger charge is -2.26. The molecule has 1 unspecified atom stereocenters. The van der Waals surface area contributed by atoms with E-state index in [0.29, 0.717) is 24.2 Å². The van der Waals surface area contributed by atoms with Crippen LogP contribution >= 0.6 is 0 Å². The minimum Gasteiger partial charge on any atom is -0.488 e. The number of rotatable bonds is 7. The number of hydrogen-bond donors (Lipinski definition) is 3. The van der Waals surface area contributed by atoms with E-state index in [2.05, 4.69) is 15.6 Å². The number of benzene rings is 2. The largest absolute Gasteiger partial charge is 0.488 e. The molecule has 0 saturated carbocycles. The van der Waals surface area contributed by atoms with Crippen molar-refractivity contribution in [3.05, 3.63) is 70.4 Å². The topological polar surface area (TPSA) is 102 Å². The van der Waals surface area contributed by atoms with Gasteiger partial charge in [0.1, 0.15) is 17.2 Å². The summed E-state index contributed by atoms with van der Waals surface area (Å²) < 4.78 is 72.0. The number of aromatic nitrogens is 1. The van der Waals surface area contributed by atoms with Crippen LogP contribution in [0.4, 0.5) is 33.7 Å². The Bertz CT molecular complexity index is 1380. The monoisotopic (exact) mass is 535 g/mol. The maximum Gasteiger partial charge on any atom is 0.420 e. The van der Waals surface area contributed by atoms with E-state index >= 15 is 0 Å². The standard InChI is InChI=1S/C26H25F4N3O5/c1-3-37-22-11-16(13-31-23(22)34)15-4-6-20(19(27)10-15)33-24(35)32-17-5-7-21(18(12-17)26(28,29)30)38-25(2)8-9-36-14-25/h4-7,10-13H,3,8-9,14H2,1-2H3,(H,31,34)(H2,32,33,35). The molecule has 8 nitrogen and oxygen atoms in total. The number of aromatic amines is 1. The first-order valence-corrected chi connectivity index (χ1v) is 11.7. The number of ether oxygens (including phenoxy) is 3. The molecule has 1 atom stereocenters. The second kappa shape index (κ2) is 10.7. The Morgan fingerprint density at radius 2 is 1.89 bits per heavy atom. The summed E-state index contributed by atoms with van der Waals surface area (Å²) in [6, 6.07) is 7.58. The fraction of sp³-hybridized carbons (Fsp3) is 0.308. The summed E-state index contributed by atoms with van der Waals surface area (Å²) in [7, 11) is 0. The maximum absolute atomic E-state index is 14.7. The number of urea groups is 1. The average molecular weight is 535 g/mol. The number of carbonyl (C=O) groups is 1. The van der Waals surface area contributed by atoms with Crippen LogP contribution in [0, 0.1) is 5.82 Å². The Hall–Kier alpha value is -4.06. The van der Waals surface area contributed by atoms with E-state index in [9.17, 15) is 27.2 Å². The quantitative estimate of drug-likeness (QED) is 0.332. The number of hydrogen-bond acceptors (Lipinski definition) is 5. The minimum absolute atomic E-state index is 0.0762. The van der Waals surface area contributed by atoms with E-state index in [1.54, 1.807) is 13.8 Å². The lowest BCUT2D eigenvalue weighted by atomic mass is 10.1. The van der Waals surface area contributed by atoms with Crippen LogP contribution in [0.5, 0.6) is 11.5 Å². The third-order valence-electron chi connectivity index (χ3n) is 5.80. The number of halogens is 4. The molecule has 0 spiro atoms. The first-order valence-electron chi connectivity index (χ1n) is 11.7. The predicted molar refractivity (Wildman–Crippen MR) is 132 cm³/mol. The Morgan fingerprint density at radius 3 is 2.55 bits per heavy atom. The van der Waals surface area contributed by atoms with E-state index in [1.807, 2.05) is 0 Å². The van der Waals surface area contributed by atoms with Crippen LogP contribution in [0.1, 0.15) is 25.8 Å². The van der Waals surface area contributed by atoms with Gasteiger partial charge in [-0.25, -0.2) is 9.18 Å². The zero-order valence-electron chi connectivity index (χ0n) is 20.5. The van der Waals surface area contributed by atoms with E-state index in [0.717, 1.165) is 18.2 Å². The molecule has 1 aliphatic heterocycles. The molecule has 1 aromatic heterocycles. The summed E-state index contributed by atoms with van der Waals surface area (Å²) in [5.74, 6) is -1.10. The fourth-order valence-corrected chi connectivity index (χ4v) is 3.89. The lowest BCUT2D eigenvalue weighted by Crippen LogP contribution is -2.33. The molecule has 12 heteroatoms. The minimum atomic E-state index is -4.75. The third kappa shape index (κ3) is 6.25. The Labute approximate surface area is 214 Å². The van der Waals surface area contributed by atoms with Crippen LogP contribution in [0.25, 0.3) is 11.1 Å². The highest BCUT2D eigenvalue weighted by molar-refractivity contribution is 6.00. The fourth-order valence-electron chi connectivity index (χ4n) is 3.89. The zero-order chi connectivity index (χ0) is 27.5. The highest BCUT2D eigenvalue weighted by atomic mass is 19.4. The molecule has 38 heavy (non-hydrogen) atoms. The van der Waals surface area contributed by atoms with Crippen LogP contribution in [-0.2, 0) is 10.9 Å². The first-order chi connectivity index (χ1) is 18.0. The molecule has 3 N–H and O–H groups in total. The maximum atomic E-state index is 14.7. The molecule has 0 bridgehead atoms. The van der Waals surface area contributed by atoms with Gasteiger partial charge in [-0.3, -0.25) is 4.79 Å². The summed E-state index contributed by atoms with van der Waals surface area (Å²) >= 11 is 0. The van der Waals surface area contributed by atoms with Gasteiger partial charge in [-0.1, -0.05) is 6.07 Å². The molecule has 1 fully saturated rings. The van der Waals surface area contributed by atoms with Gasteiger partial charge in [-0.05, 0) is 55.8 Å². The summed E-state index contributed by atoms with van der Waals surface area (Å²) in [6.07, 6.45) is -2.91. The van der Waals surface area contributed by atoms with Crippen molar-refractivity contribution >= 4 is 17.4 Å². The van der Waals surface area contributed by atoms with Crippen molar-refractivity contribution in [1.29, 1.82) is 0 Å². The molecule has 3 aromatic rings. The number of H-pyrrole nitrogens is 1. The van der Waals surface area contributed by atoms with Crippen molar-refractivity contribution in [1.82, 2.24) is 4.98 Å². The van der Waals surface area contributed by atoms with Crippen LogP contribution in [0.3, 0.4) is 0 Å². The average Bonchev–Trinajstić information content (AvgIpc) is 3.28. The lowest BCUT2D eigenvalue weighted by molar-refractivity contribution is -0.139. The summed E-state index contributed by atoms with van der Waals surface area (Å²) in [4.78, 5) is 26.7. The van der Waals surface area contributed by atoms with E-state index in [1.165, 1.54) is 30.5 Å². The van der Waals surface area contributed by atoms with Gasteiger partial charge in [0.05, 0.1) is 31.1 Å². The SMILES string of the molecule is CCOc1cc(-c2ccc(NC(=O)Nc3ccc(OC4(C)CCOC4)c(C(F)(F)F)c3)c(F)c2)c[nH]c1=O. The van der Waals surface area contributed by atoms with Gasteiger partial charge in [0.15, 0.2) is 5.75 Å². The molecule has 2 aromatic carbocycles. The number of anilines is 2. The Morgan fingerprint density at radius 1 is 1.11 bits per heavy atom. The summed E-state index contributed by atoms with van der Waals surface area (Å²) in [5, 5.41) is 4.56. The van der Waals surface area contributed by atoms with E-state index in [-0.39, 0.29) is 36.1 Å². The van der Waals surface area contributed by atoms with E-state index in [4.69, 9.17) is 14.2 Å². The number of alkyl halides is 3. The van der Waals surface area contributed by atoms with Crippen LogP contribution in [-0.4, -0.2) is 36.4 Å². The smallest absolute Gasteiger partial charge is 0.420 e. The zero-order valence-corrected chi connectivity index (χ0v) is 20.5. The van der Waals surface area contributed by atoms with Gasteiger partial charge in [0.2, 0.25) is 0 Å². The highest BCUT2D eigenvalue weighted by Gasteiger charge is 2.38. The van der Waals surface area contributed by atoms with Crippen molar-refractivity contribution in [2.75, 3.05) is 30.5 Å². The third-order valence-corrected chi connectivity index (χ3v) is 5.80. The van der Waals surface area contributed by atoms with Crippen molar-refractivity contribution in [2.45, 2.75) is 32.0 Å². The molecule has 4 rings (SSSR count). The number of amides is 2. The van der Waals surface area contributed by atoms with Gasteiger partial charge in [-0.2, -0.15) is 13.2 Å². The second-order valence-corrected chi connectivity index (χ2v) is 8.85. The summed E-state index contributed by atoms with van der Waals surface area (Å²) in [6.45, 7) is 4.19.